The molecule has 0 fully saturated rings. The summed E-state index contributed by atoms with van der Waals surface area (Å²) in [4.78, 5) is 0. The quantitative estimate of drug-likeness (QED) is 0.285. The average Bonchev–Trinajstić information content (AvgIpc) is 3.10. The Morgan fingerprint density at radius 2 is 1.53 bits per heavy atom. The Morgan fingerprint density at radius 3 is 2.09 bits per heavy atom. The highest BCUT2D eigenvalue weighted by atomic mass is 79.9. The first-order chi connectivity index (χ1) is 15.0. The minimum absolute atomic E-state index is 0.530. The maximum atomic E-state index is 16.3. The Labute approximate surface area is 220 Å². The standard InChI is InChI=1S/C23H19BBr4F2N2/c1-12-17(10-19(25)26)14(3)31-22(12)21(16-8-6-5-7-9-16)23-13(2)18(11-20(27)28)15(4)32(23)24(31,29)30/h5-11H,1-4H3. The van der Waals surface area contributed by atoms with E-state index in [1.807, 2.05) is 56.3 Å². The average molecular weight is 692 g/mol. The summed E-state index contributed by atoms with van der Waals surface area (Å²) in [5.74, 6) is 0. The van der Waals surface area contributed by atoms with Gasteiger partial charge in [0.1, 0.15) is 5.71 Å². The SMILES string of the molecule is CC1=C(C=C(Br)Br)C(C)=[N+]2C1=C(c1ccccc1)c1c(C)c(C=C(Br)Br)c(C)n1[B-]2(F)F. The molecule has 0 bridgehead atoms. The lowest BCUT2D eigenvalue weighted by Crippen LogP contribution is -2.51. The molecule has 0 aliphatic carbocycles. The van der Waals surface area contributed by atoms with Gasteiger partial charge in [0.05, 0.1) is 12.4 Å². The molecule has 9 heteroatoms. The molecule has 0 radical (unpaired) electrons. The Bertz CT molecular complexity index is 1310. The van der Waals surface area contributed by atoms with Gasteiger partial charge in [-0.05, 0) is 119 Å². The predicted molar refractivity (Wildman–Crippen MR) is 145 cm³/mol. The van der Waals surface area contributed by atoms with Crippen molar-refractivity contribution < 1.29 is 13.1 Å². The Kier molecular flexibility index (Phi) is 6.51. The molecule has 2 aromatic rings. The van der Waals surface area contributed by atoms with E-state index in [1.165, 1.54) is 8.96 Å². The first kappa shape index (κ1) is 24.1. The molecule has 0 atom stereocenters. The van der Waals surface area contributed by atoms with Crippen LogP contribution in [0.15, 0.2) is 60.0 Å². The topological polar surface area (TPSA) is 7.94 Å². The smallest absolute Gasteiger partial charge is 0.393 e. The first-order valence-corrected chi connectivity index (χ1v) is 13.1. The number of hydrogen-bond acceptors (Lipinski definition) is 0. The van der Waals surface area contributed by atoms with E-state index >= 15 is 8.63 Å². The number of fused-ring (bicyclic) bond motifs is 2. The largest absolute Gasteiger partial charge is 0.737 e. The summed E-state index contributed by atoms with van der Waals surface area (Å²) >= 11 is 13.6. The molecule has 0 saturated heterocycles. The van der Waals surface area contributed by atoms with Gasteiger partial charge in [0.15, 0.2) is 5.70 Å². The van der Waals surface area contributed by atoms with Crippen LogP contribution in [-0.2, 0) is 0 Å². The molecule has 0 unspecified atom stereocenters. The molecule has 2 aliphatic rings. The van der Waals surface area contributed by atoms with Gasteiger partial charge < -0.3 is 17.6 Å². The van der Waals surface area contributed by atoms with E-state index in [0.29, 0.717) is 29.6 Å². The molecule has 0 saturated carbocycles. The molecule has 2 nitrogen and oxygen atoms in total. The molecule has 1 aromatic carbocycles. The van der Waals surface area contributed by atoms with E-state index in [-0.39, 0.29) is 0 Å². The van der Waals surface area contributed by atoms with E-state index in [4.69, 9.17) is 0 Å². The van der Waals surface area contributed by atoms with Crippen molar-refractivity contribution in [1.82, 2.24) is 4.48 Å². The van der Waals surface area contributed by atoms with Crippen LogP contribution in [0.3, 0.4) is 0 Å². The van der Waals surface area contributed by atoms with Gasteiger partial charge in [0, 0.05) is 23.8 Å². The molecule has 32 heavy (non-hydrogen) atoms. The molecule has 4 rings (SSSR count). The van der Waals surface area contributed by atoms with E-state index in [2.05, 4.69) is 63.7 Å². The van der Waals surface area contributed by atoms with Crippen molar-refractivity contribution in [3.05, 3.63) is 88.1 Å². The van der Waals surface area contributed by atoms with Crippen LogP contribution in [-0.4, -0.2) is 21.6 Å². The van der Waals surface area contributed by atoms with E-state index in [0.717, 1.165) is 33.4 Å². The lowest BCUT2D eigenvalue weighted by Gasteiger charge is -2.34. The molecular formula is C23H19BBr4F2N2. The number of hydrogen-bond donors (Lipinski definition) is 0. The van der Waals surface area contributed by atoms with Crippen molar-refractivity contribution in [1.29, 1.82) is 0 Å². The summed E-state index contributed by atoms with van der Waals surface area (Å²) in [5.41, 5.74) is 7.11. The van der Waals surface area contributed by atoms with Crippen molar-refractivity contribution in [3.8, 4) is 0 Å². The fourth-order valence-corrected chi connectivity index (χ4v) is 5.81. The molecule has 1 aromatic heterocycles. The van der Waals surface area contributed by atoms with Crippen molar-refractivity contribution in [2.45, 2.75) is 27.7 Å². The van der Waals surface area contributed by atoms with Gasteiger partial charge in [-0.25, -0.2) is 0 Å². The van der Waals surface area contributed by atoms with Crippen molar-refractivity contribution in [2.24, 2.45) is 0 Å². The van der Waals surface area contributed by atoms with Gasteiger partial charge in [-0.2, -0.15) is 0 Å². The van der Waals surface area contributed by atoms with E-state index in [1.54, 1.807) is 13.8 Å². The summed E-state index contributed by atoms with van der Waals surface area (Å²) < 4.78 is 36.6. The molecule has 2 aliphatic heterocycles. The number of nitrogens with zero attached hydrogens (tertiary/aromatic N) is 2. The van der Waals surface area contributed by atoms with E-state index < -0.39 is 6.97 Å². The maximum Gasteiger partial charge on any atom is 0.737 e. The Balaban J connectivity index is 2.23. The molecule has 0 spiro atoms. The fraction of sp³-hybridized carbons (Fsp3) is 0.174. The van der Waals surface area contributed by atoms with Crippen LogP contribution in [0.25, 0.3) is 11.6 Å². The predicted octanol–water partition coefficient (Wildman–Crippen LogP) is 8.62. The summed E-state index contributed by atoms with van der Waals surface area (Å²) in [6, 6.07) is 9.78. The van der Waals surface area contributed by atoms with Crippen LogP contribution >= 0.6 is 63.7 Å². The van der Waals surface area contributed by atoms with Gasteiger partial charge in [0.25, 0.3) is 0 Å². The highest BCUT2D eigenvalue weighted by Gasteiger charge is 2.56. The zero-order valence-corrected chi connectivity index (χ0v) is 24.1. The van der Waals surface area contributed by atoms with Gasteiger partial charge >= 0.3 is 6.97 Å². The zero-order chi connectivity index (χ0) is 23.5. The summed E-state index contributed by atoms with van der Waals surface area (Å²) in [6.45, 7) is 3.24. The first-order valence-electron chi connectivity index (χ1n) is 9.92. The maximum absolute atomic E-state index is 16.3. The zero-order valence-electron chi connectivity index (χ0n) is 17.8. The molecule has 166 valence electrons. The third-order valence-corrected chi connectivity index (χ3v) is 7.08. The van der Waals surface area contributed by atoms with Crippen LogP contribution in [0.1, 0.15) is 41.9 Å². The molecule has 0 N–H and O–H groups in total. The number of aromatic nitrogens is 1. The van der Waals surface area contributed by atoms with Gasteiger partial charge in [-0.3, -0.25) is 0 Å². The van der Waals surface area contributed by atoms with Crippen molar-refractivity contribution >= 4 is 88.1 Å². The molecule has 3 heterocycles. The lowest BCUT2D eigenvalue weighted by molar-refractivity contribution is -0.363. The van der Waals surface area contributed by atoms with E-state index in [9.17, 15) is 0 Å². The Hall–Kier alpha value is -1.03. The van der Waals surface area contributed by atoms with Gasteiger partial charge in [0.2, 0.25) is 0 Å². The van der Waals surface area contributed by atoms with Crippen LogP contribution in [0.5, 0.6) is 0 Å². The molecule has 0 amide bonds. The highest BCUT2D eigenvalue weighted by molar-refractivity contribution is 9.28. The third kappa shape index (κ3) is 3.64. The Morgan fingerprint density at radius 1 is 0.938 bits per heavy atom. The number of benzene rings is 1. The number of rotatable bonds is 3. The second-order valence-electron chi connectivity index (χ2n) is 7.88. The summed E-state index contributed by atoms with van der Waals surface area (Å²) in [7, 11) is 0. The van der Waals surface area contributed by atoms with Crippen LogP contribution in [0.4, 0.5) is 8.63 Å². The normalized spacial score (nSPS) is 16.9. The van der Waals surface area contributed by atoms with Gasteiger partial charge in [-0.15, -0.1) is 0 Å². The monoisotopic (exact) mass is 688 g/mol. The minimum Gasteiger partial charge on any atom is -0.393 e. The van der Waals surface area contributed by atoms with Crippen LogP contribution in [0.2, 0.25) is 0 Å². The van der Waals surface area contributed by atoms with Crippen molar-refractivity contribution in [3.63, 3.8) is 0 Å². The third-order valence-electron chi connectivity index (χ3n) is 6.17. The van der Waals surface area contributed by atoms with Crippen molar-refractivity contribution in [2.75, 3.05) is 0 Å². The second kappa shape index (κ2) is 8.64. The number of allylic oxidation sites excluding steroid dienone is 3. The van der Waals surface area contributed by atoms with Crippen LogP contribution < -0.4 is 0 Å². The summed E-state index contributed by atoms with van der Waals surface area (Å²) in [5, 5.41) is 0. The molecular weight excluding hydrogens is 673 g/mol. The highest BCUT2D eigenvalue weighted by Crippen LogP contribution is 2.47. The summed E-state index contributed by atoms with van der Waals surface area (Å²) in [6.07, 6.45) is 3.69. The fourth-order valence-electron chi connectivity index (χ4n) is 4.90. The van der Waals surface area contributed by atoms with Crippen LogP contribution in [0, 0.1) is 13.8 Å². The van der Waals surface area contributed by atoms with Gasteiger partial charge in [-0.1, -0.05) is 30.3 Å². The lowest BCUT2D eigenvalue weighted by atomic mass is 9.84. The minimum atomic E-state index is -4.11. The number of halogens is 6. The second-order valence-corrected chi connectivity index (χ2v) is 13.4.